The number of rotatable bonds is 4. The lowest BCUT2D eigenvalue weighted by molar-refractivity contribution is 0.0944. The molecule has 0 spiro atoms. The lowest BCUT2D eigenvalue weighted by atomic mass is 10.2. The average Bonchev–Trinajstić information content (AvgIpc) is 2.96. The van der Waals surface area contributed by atoms with Crippen molar-refractivity contribution in [2.75, 3.05) is 6.54 Å². The van der Waals surface area contributed by atoms with Gasteiger partial charge in [0.15, 0.2) is 5.69 Å². The fourth-order valence-corrected chi connectivity index (χ4v) is 2.48. The molecule has 3 aromatic rings. The Morgan fingerprint density at radius 2 is 2.21 bits per heavy atom. The number of nitrogens with zero attached hydrogens (tertiary/aromatic N) is 4. The molecule has 0 atom stereocenters. The van der Waals surface area contributed by atoms with Crippen LogP contribution in [0, 0.1) is 5.82 Å². The Bertz CT molecular complexity index is 982. The average molecular weight is 350 g/mol. The first-order chi connectivity index (χ1) is 11.5. The van der Waals surface area contributed by atoms with Crippen LogP contribution in [0.2, 0.25) is 5.02 Å². The van der Waals surface area contributed by atoms with Crippen LogP contribution >= 0.6 is 11.6 Å². The van der Waals surface area contributed by atoms with Crippen molar-refractivity contribution in [1.82, 2.24) is 24.9 Å². The van der Waals surface area contributed by atoms with E-state index < -0.39 is 17.2 Å². The number of hydrogen-bond acceptors (Lipinski definition) is 4. The van der Waals surface area contributed by atoms with E-state index in [1.165, 1.54) is 23.0 Å². The number of halogens is 2. The van der Waals surface area contributed by atoms with Crippen LogP contribution in [0.25, 0.3) is 10.9 Å². The van der Waals surface area contributed by atoms with Crippen molar-refractivity contribution in [2.45, 2.75) is 6.54 Å². The maximum atomic E-state index is 13.4. The molecule has 1 amide bonds. The van der Waals surface area contributed by atoms with E-state index in [1.807, 2.05) is 0 Å². The molecule has 7 nitrogen and oxygen atoms in total. The first kappa shape index (κ1) is 16.1. The molecule has 0 aliphatic heterocycles. The Morgan fingerprint density at radius 1 is 1.42 bits per heavy atom. The van der Waals surface area contributed by atoms with Gasteiger partial charge < -0.3 is 5.32 Å². The Labute approximate surface area is 140 Å². The second kappa shape index (κ2) is 6.40. The highest BCUT2D eigenvalue weighted by molar-refractivity contribution is 6.30. The predicted octanol–water partition coefficient (Wildman–Crippen LogP) is 1.35. The van der Waals surface area contributed by atoms with Crippen LogP contribution in [-0.4, -0.2) is 32.0 Å². The standard InChI is InChI=1S/C15H13ClFN5O2/c1-21-12-3-2-10(17)6-11(12)14(23)13(20-21)15(24)18-4-5-22-8-9(16)7-19-22/h2-3,6-8H,4-5H2,1H3,(H,18,24). The second-order valence-electron chi connectivity index (χ2n) is 5.14. The number of aryl methyl sites for hydroxylation is 1. The molecule has 124 valence electrons. The van der Waals surface area contributed by atoms with Crippen molar-refractivity contribution in [1.29, 1.82) is 0 Å². The Balaban J connectivity index is 1.82. The summed E-state index contributed by atoms with van der Waals surface area (Å²) >= 11 is 5.75. The van der Waals surface area contributed by atoms with Crippen LogP contribution in [0.5, 0.6) is 0 Å². The number of hydrogen-bond donors (Lipinski definition) is 1. The highest BCUT2D eigenvalue weighted by Crippen LogP contribution is 2.11. The van der Waals surface area contributed by atoms with Crippen molar-refractivity contribution < 1.29 is 9.18 Å². The van der Waals surface area contributed by atoms with Gasteiger partial charge in [-0.1, -0.05) is 11.6 Å². The number of nitrogens with one attached hydrogen (secondary N) is 1. The number of fused-ring (bicyclic) bond motifs is 1. The van der Waals surface area contributed by atoms with E-state index in [-0.39, 0.29) is 17.6 Å². The van der Waals surface area contributed by atoms with E-state index >= 15 is 0 Å². The van der Waals surface area contributed by atoms with Crippen LogP contribution in [0.1, 0.15) is 10.5 Å². The van der Waals surface area contributed by atoms with Gasteiger partial charge in [0.05, 0.1) is 28.7 Å². The quantitative estimate of drug-likeness (QED) is 0.771. The summed E-state index contributed by atoms with van der Waals surface area (Å²) in [5.41, 5.74) is -0.444. The SMILES string of the molecule is Cn1nc(C(=O)NCCn2cc(Cl)cn2)c(=O)c2cc(F)ccc21. The molecular weight excluding hydrogens is 337 g/mol. The van der Waals surface area contributed by atoms with Crippen molar-refractivity contribution in [3.05, 3.63) is 57.3 Å². The van der Waals surface area contributed by atoms with Crippen molar-refractivity contribution in [3.63, 3.8) is 0 Å². The molecule has 9 heteroatoms. The minimum absolute atomic E-state index is 0.108. The molecule has 0 radical (unpaired) electrons. The van der Waals surface area contributed by atoms with Gasteiger partial charge in [-0.2, -0.15) is 10.2 Å². The van der Waals surface area contributed by atoms with Gasteiger partial charge >= 0.3 is 0 Å². The van der Waals surface area contributed by atoms with Crippen LogP contribution in [0.15, 0.2) is 35.4 Å². The normalized spacial score (nSPS) is 11.0. The monoisotopic (exact) mass is 349 g/mol. The summed E-state index contributed by atoms with van der Waals surface area (Å²) in [5, 5.41) is 11.2. The lowest BCUT2D eigenvalue weighted by Gasteiger charge is -2.08. The molecule has 0 saturated carbocycles. The maximum absolute atomic E-state index is 13.4. The van der Waals surface area contributed by atoms with Gasteiger partial charge in [0.2, 0.25) is 5.43 Å². The summed E-state index contributed by atoms with van der Waals surface area (Å²) in [6.07, 6.45) is 3.10. The minimum atomic E-state index is -0.625. The zero-order chi connectivity index (χ0) is 17.3. The third-order valence-electron chi connectivity index (χ3n) is 3.46. The number of amides is 1. The molecule has 0 unspecified atom stereocenters. The number of benzene rings is 1. The van der Waals surface area contributed by atoms with Gasteiger partial charge in [-0.05, 0) is 18.2 Å². The Morgan fingerprint density at radius 3 is 2.92 bits per heavy atom. The molecule has 1 N–H and O–H groups in total. The molecule has 3 rings (SSSR count). The van der Waals surface area contributed by atoms with Gasteiger partial charge in [0.1, 0.15) is 5.82 Å². The van der Waals surface area contributed by atoms with Crippen LogP contribution < -0.4 is 10.7 Å². The minimum Gasteiger partial charge on any atom is -0.349 e. The number of carbonyl (C=O) groups excluding carboxylic acids is 1. The van der Waals surface area contributed by atoms with E-state index in [2.05, 4.69) is 15.5 Å². The highest BCUT2D eigenvalue weighted by Gasteiger charge is 2.16. The number of aromatic nitrogens is 4. The van der Waals surface area contributed by atoms with Crippen LogP contribution in [0.3, 0.4) is 0 Å². The van der Waals surface area contributed by atoms with Gasteiger partial charge in [-0.25, -0.2) is 4.39 Å². The van der Waals surface area contributed by atoms with E-state index in [0.717, 1.165) is 6.07 Å². The van der Waals surface area contributed by atoms with Gasteiger partial charge in [0, 0.05) is 19.8 Å². The summed E-state index contributed by atoms with van der Waals surface area (Å²) in [6, 6.07) is 3.78. The maximum Gasteiger partial charge on any atom is 0.275 e. The Hall–Kier alpha value is -2.74. The van der Waals surface area contributed by atoms with E-state index in [9.17, 15) is 14.0 Å². The number of carbonyl (C=O) groups is 1. The third kappa shape index (κ3) is 3.13. The van der Waals surface area contributed by atoms with Crippen LogP contribution in [-0.2, 0) is 13.6 Å². The predicted molar refractivity (Wildman–Crippen MR) is 86.5 cm³/mol. The highest BCUT2D eigenvalue weighted by atomic mass is 35.5. The van der Waals surface area contributed by atoms with E-state index in [1.54, 1.807) is 17.9 Å². The summed E-state index contributed by atoms with van der Waals surface area (Å²) < 4.78 is 16.3. The molecule has 0 aliphatic rings. The smallest absolute Gasteiger partial charge is 0.275 e. The molecule has 2 heterocycles. The zero-order valence-corrected chi connectivity index (χ0v) is 13.4. The Kier molecular flexibility index (Phi) is 4.30. The molecule has 0 aliphatic carbocycles. The molecule has 2 aromatic heterocycles. The van der Waals surface area contributed by atoms with Gasteiger partial charge in [-0.3, -0.25) is 19.0 Å². The van der Waals surface area contributed by atoms with Gasteiger partial charge in [-0.15, -0.1) is 0 Å². The molecule has 0 saturated heterocycles. The fourth-order valence-electron chi connectivity index (χ4n) is 2.33. The lowest BCUT2D eigenvalue weighted by Crippen LogP contribution is -2.33. The molecule has 0 fully saturated rings. The topological polar surface area (TPSA) is 81.8 Å². The molecule has 0 bridgehead atoms. The first-order valence-electron chi connectivity index (χ1n) is 7.08. The van der Waals surface area contributed by atoms with Crippen molar-refractivity contribution in [3.8, 4) is 0 Å². The zero-order valence-electron chi connectivity index (χ0n) is 12.7. The van der Waals surface area contributed by atoms with Crippen LogP contribution in [0.4, 0.5) is 4.39 Å². The third-order valence-corrected chi connectivity index (χ3v) is 3.66. The first-order valence-corrected chi connectivity index (χ1v) is 7.46. The van der Waals surface area contributed by atoms with Gasteiger partial charge in [0.25, 0.3) is 5.91 Å². The second-order valence-corrected chi connectivity index (χ2v) is 5.58. The van der Waals surface area contributed by atoms with E-state index in [4.69, 9.17) is 11.6 Å². The summed E-state index contributed by atoms with van der Waals surface area (Å²) in [5.74, 6) is -1.17. The largest absolute Gasteiger partial charge is 0.349 e. The van der Waals surface area contributed by atoms with E-state index in [0.29, 0.717) is 17.1 Å². The summed E-state index contributed by atoms with van der Waals surface area (Å²) in [7, 11) is 1.59. The molecule has 24 heavy (non-hydrogen) atoms. The molecule has 1 aromatic carbocycles. The summed E-state index contributed by atoms with van der Waals surface area (Å²) in [6.45, 7) is 0.629. The summed E-state index contributed by atoms with van der Waals surface area (Å²) in [4.78, 5) is 24.6. The molecular formula is C15H13ClFN5O2. The fraction of sp³-hybridized carbons (Fsp3) is 0.200. The van der Waals surface area contributed by atoms with Crippen molar-refractivity contribution in [2.24, 2.45) is 7.05 Å². The van der Waals surface area contributed by atoms with Crippen molar-refractivity contribution >= 4 is 28.4 Å².